The number of likely N-dealkylation sites (N-methyl/N-ethyl adjacent to an activating group) is 1. The minimum absolute atomic E-state index is 0.0472. The van der Waals surface area contributed by atoms with Crippen molar-refractivity contribution < 1.29 is 9.90 Å². The molecule has 2 N–H and O–H groups in total. The van der Waals surface area contributed by atoms with E-state index < -0.39 is 0 Å². The van der Waals surface area contributed by atoms with Gasteiger partial charge in [0.15, 0.2) is 0 Å². The third kappa shape index (κ3) is 5.60. The molecule has 0 aromatic heterocycles. The third-order valence-electron chi connectivity index (χ3n) is 1.95. The van der Waals surface area contributed by atoms with Crippen molar-refractivity contribution in [3.05, 3.63) is 0 Å². The summed E-state index contributed by atoms with van der Waals surface area (Å²) in [6, 6.07) is 0. The van der Waals surface area contributed by atoms with Crippen molar-refractivity contribution in [2.75, 3.05) is 27.2 Å². The van der Waals surface area contributed by atoms with Gasteiger partial charge in [-0.25, -0.2) is 0 Å². The van der Waals surface area contributed by atoms with Crippen LogP contribution in [0.2, 0.25) is 0 Å². The SMILES string of the molecule is CN(C)C(=O)CNC(C)(C)CCO. The van der Waals surface area contributed by atoms with Gasteiger partial charge < -0.3 is 15.3 Å². The Bertz CT molecular complexity index is 167. The molecule has 0 fully saturated rings. The Balaban J connectivity index is 3.80. The maximum Gasteiger partial charge on any atom is 0.236 e. The molecule has 0 radical (unpaired) electrons. The Morgan fingerprint density at radius 2 is 2.00 bits per heavy atom. The lowest BCUT2D eigenvalue weighted by Gasteiger charge is -2.25. The molecule has 0 aromatic rings. The highest BCUT2D eigenvalue weighted by molar-refractivity contribution is 5.77. The van der Waals surface area contributed by atoms with Gasteiger partial charge in [0.25, 0.3) is 0 Å². The fraction of sp³-hybridized carbons (Fsp3) is 0.889. The summed E-state index contributed by atoms with van der Waals surface area (Å²) in [4.78, 5) is 12.7. The first kappa shape index (κ1) is 12.4. The van der Waals surface area contributed by atoms with Crippen molar-refractivity contribution >= 4 is 5.91 Å². The van der Waals surface area contributed by atoms with E-state index in [4.69, 9.17) is 5.11 Å². The molecule has 0 aliphatic rings. The molecule has 0 atom stereocenters. The average Bonchev–Trinajstić information content (AvgIpc) is 2.00. The number of nitrogens with one attached hydrogen (secondary N) is 1. The van der Waals surface area contributed by atoms with Crippen molar-refractivity contribution in [3.63, 3.8) is 0 Å². The average molecular weight is 188 g/mol. The van der Waals surface area contributed by atoms with Crippen LogP contribution in [0.1, 0.15) is 20.3 Å². The van der Waals surface area contributed by atoms with Crippen molar-refractivity contribution in [2.45, 2.75) is 25.8 Å². The molecule has 0 aliphatic carbocycles. The maximum atomic E-state index is 11.2. The number of amides is 1. The monoisotopic (exact) mass is 188 g/mol. The van der Waals surface area contributed by atoms with Crippen LogP contribution < -0.4 is 5.32 Å². The van der Waals surface area contributed by atoms with E-state index in [0.29, 0.717) is 13.0 Å². The lowest BCUT2D eigenvalue weighted by Crippen LogP contribution is -2.45. The number of carbonyl (C=O) groups excluding carboxylic acids is 1. The molecule has 78 valence electrons. The van der Waals surface area contributed by atoms with E-state index in [1.165, 1.54) is 0 Å². The van der Waals surface area contributed by atoms with Gasteiger partial charge in [-0.2, -0.15) is 0 Å². The van der Waals surface area contributed by atoms with Gasteiger partial charge >= 0.3 is 0 Å². The third-order valence-corrected chi connectivity index (χ3v) is 1.95. The summed E-state index contributed by atoms with van der Waals surface area (Å²) in [6.07, 6.45) is 0.647. The van der Waals surface area contributed by atoms with Gasteiger partial charge in [-0.05, 0) is 20.3 Å². The summed E-state index contributed by atoms with van der Waals surface area (Å²) in [5.74, 6) is 0.0472. The second-order valence-corrected chi connectivity index (χ2v) is 4.00. The van der Waals surface area contributed by atoms with Crippen molar-refractivity contribution in [2.24, 2.45) is 0 Å². The van der Waals surface area contributed by atoms with Crippen LogP contribution in [0, 0.1) is 0 Å². The smallest absolute Gasteiger partial charge is 0.236 e. The molecule has 13 heavy (non-hydrogen) atoms. The van der Waals surface area contributed by atoms with Crippen molar-refractivity contribution in [3.8, 4) is 0 Å². The van der Waals surface area contributed by atoms with Crippen LogP contribution in [-0.4, -0.2) is 48.7 Å². The zero-order chi connectivity index (χ0) is 10.5. The molecule has 0 aliphatic heterocycles. The lowest BCUT2D eigenvalue weighted by atomic mass is 10.0. The van der Waals surface area contributed by atoms with E-state index in [0.717, 1.165) is 0 Å². The number of aliphatic hydroxyl groups is 1. The number of hydrogen-bond acceptors (Lipinski definition) is 3. The van der Waals surface area contributed by atoms with Gasteiger partial charge in [0.1, 0.15) is 0 Å². The summed E-state index contributed by atoms with van der Waals surface area (Å²) >= 11 is 0. The van der Waals surface area contributed by atoms with Gasteiger partial charge in [0.2, 0.25) is 5.91 Å². The Morgan fingerprint density at radius 3 is 2.38 bits per heavy atom. The standard InChI is InChI=1S/C9H20N2O2/c1-9(2,5-6-12)10-7-8(13)11(3)4/h10,12H,5-7H2,1-4H3. The molecule has 4 heteroatoms. The van der Waals surface area contributed by atoms with Gasteiger partial charge in [0, 0.05) is 26.2 Å². The van der Waals surface area contributed by atoms with Gasteiger partial charge in [0.05, 0.1) is 6.54 Å². The molecule has 0 spiro atoms. The summed E-state index contributed by atoms with van der Waals surface area (Å²) in [6.45, 7) is 4.38. The summed E-state index contributed by atoms with van der Waals surface area (Å²) in [5, 5.41) is 11.8. The molecule has 0 unspecified atom stereocenters. The van der Waals surface area contributed by atoms with Crippen LogP contribution in [-0.2, 0) is 4.79 Å². The van der Waals surface area contributed by atoms with Crippen LogP contribution >= 0.6 is 0 Å². The fourth-order valence-electron chi connectivity index (χ4n) is 0.841. The van der Waals surface area contributed by atoms with Crippen LogP contribution in [0.4, 0.5) is 0 Å². The van der Waals surface area contributed by atoms with Gasteiger partial charge in [-0.3, -0.25) is 4.79 Å². The topological polar surface area (TPSA) is 52.6 Å². The maximum absolute atomic E-state index is 11.2. The quantitative estimate of drug-likeness (QED) is 0.629. The van der Waals surface area contributed by atoms with Crippen molar-refractivity contribution in [1.29, 1.82) is 0 Å². The number of carbonyl (C=O) groups is 1. The highest BCUT2D eigenvalue weighted by atomic mass is 16.3. The van der Waals surface area contributed by atoms with E-state index in [2.05, 4.69) is 5.32 Å². The van der Waals surface area contributed by atoms with Crippen molar-refractivity contribution in [1.82, 2.24) is 10.2 Å². The summed E-state index contributed by atoms with van der Waals surface area (Å²) in [7, 11) is 3.45. The zero-order valence-corrected chi connectivity index (χ0v) is 8.92. The van der Waals surface area contributed by atoms with Crippen LogP contribution in [0.5, 0.6) is 0 Å². The van der Waals surface area contributed by atoms with Gasteiger partial charge in [-0.1, -0.05) is 0 Å². The molecular weight excluding hydrogens is 168 g/mol. The van der Waals surface area contributed by atoms with Crippen LogP contribution in [0.25, 0.3) is 0 Å². The summed E-state index contributed by atoms with van der Waals surface area (Å²) < 4.78 is 0. The molecule has 0 saturated carbocycles. The molecule has 0 aromatic carbocycles. The number of rotatable bonds is 5. The second kappa shape index (κ2) is 5.19. The van der Waals surface area contributed by atoms with E-state index in [9.17, 15) is 4.79 Å². The number of aliphatic hydroxyl groups excluding tert-OH is 1. The summed E-state index contributed by atoms with van der Waals surface area (Å²) in [5.41, 5.74) is -0.180. The van der Waals surface area contributed by atoms with Crippen LogP contribution in [0.3, 0.4) is 0 Å². The molecule has 0 saturated heterocycles. The predicted octanol–water partition coefficient (Wildman–Crippen LogP) is -0.175. The first-order chi connectivity index (χ1) is 5.89. The lowest BCUT2D eigenvalue weighted by molar-refractivity contribution is -0.128. The molecule has 0 bridgehead atoms. The first-order valence-electron chi connectivity index (χ1n) is 4.45. The highest BCUT2D eigenvalue weighted by Crippen LogP contribution is 2.06. The predicted molar refractivity (Wildman–Crippen MR) is 52.5 cm³/mol. The van der Waals surface area contributed by atoms with Gasteiger partial charge in [-0.15, -0.1) is 0 Å². The molecule has 4 nitrogen and oxygen atoms in total. The number of hydrogen-bond donors (Lipinski definition) is 2. The zero-order valence-electron chi connectivity index (χ0n) is 8.92. The Kier molecular flexibility index (Phi) is 4.95. The minimum atomic E-state index is -0.180. The highest BCUT2D eigenvalue weighted by Gasteiger charge is 2.17. The number of nitrogens with zero attached hydrogens (tertiary/aromatic N) is 1. The molecule has 0 heterocycles. The largest absolute Gasteiger partial charge is 0.396 e. The first-order valence-corrected chi connectivity index (χ1v) is 4.45. The van der Waals surface area contributed by atoms with E-state index in [1.54, 1.807) is 19.0 Å². The second-order valence-electron chi connectivity index (χ2n) is 4.00. The van der Waals surface area contributed by atoms with Crippen LogP contribution in [0.15, 0.2) is 0 Å². The molecule has 1 amide bonds. The minimum Gasteiger partial charge on any atom is -0.396 e. The van der Waals surface area contributed by atoms with E-state index >= 15 is 0 Å². The molecule has 0 rings (SSSR count). The normalized spacial score (nSPS) is 11.5. The molecular formula is C9H20N2O2. The Labute approximate surface area is 79.9 Å². The Hall–Kier alpha value is -0.610. The Morgan fingerprint density at radius 1 is 1.46 bits per heavy atom. The van der Waals surface area contributed by atoms with E-state index in [-0.39, 0.29) is 18.1 Å². The van der Waals surface area contributed by atoms with E-state index in [1.807, 2.05) is 13.8 Å². The fourth-order valence-corrected chi connectivity index (χ4v) is 0.841.